The molecule has 140 valence electrons. The van der Waals surface area contributed by atoms with Crippen molar-refractivity contribution in [3.63, 3.8) is 0 Å². The molecule has 2 atom stereocenters. The maximum atomic E-state index is 11.9. The van der Waals surface area contributed by atoms with Crippen molar-refractivity contribution in [2.45, 2.75) is 58.8 Å². The van der Waals surface area contributed by atoms with Gasteiger partial charge in [-0.05, 0) is 32.3 Å². The lowest BCUT2D eigenvalue weighted by Gasteiger charge is -2.35. The molecule has 3 rings (SSSR count). The van der Waals surface area contributed by atoms with Crippen molar-refractivity contribution in [1.82, 2.24) is 14.9 Å². The minimum atomic E-state index is -0.0820. The Morgan fingerprint density at radius 1 is 1.19 bits per heavy atom. The molecule has 1 aromatic carbocycles. The standard InChI is InChI=1S/C21H29N3O2/c1-4-5-6-19-11-20(25)23-21(22-19)18-9-7-17(8-10-18)14-24-12-15(2)26-16(3)13-24/h7-11,15-16H,4-6,12-14H2,1-3H3,(H,22,23,25)/t15-,16+. The number of nitrogens with zero attached hydrogens (tertiary/aromatic N) is 2. The predicted molar refractivity (Wildman–Crippen MR) is 104 cm³/mol. The van der Waals surface area contributed by atoms with Gasteiger partial charge in [0.25, 0.3) is 5.56 Å². The van der Waals surface area contributed by atoms with E-state index in [1.807, 2.05) is 12.1 Å². The van der Waals surface area contributed by atoms with Crippen molar-refractivity contribution in [2.24, 2.45) is 0 Å². The van der Waals surface area contributed by atoms with Gasteiger partial charge >= 0.3 is 0 Å². The fourth-order valence-electron chi connectivity index (χ4n) is 3.57. The quantitative estimate of drug-likeness (QED) is 0.863. The summed E-state index contributed by atoms with van der Waals surface area (Å²) in [7, 11) is 0. The maximum Gasteiger partial charge on any atom is 0.251 e. The fraction of sp³-hybridized carbons (Fsp3) is 0.524. The van der Waals surface area contributed by atoms with Crippen LogP contribution in [0.5, 0.6) is 0 Å². The van der Waals surface area contributed by atoms with Crippen LogP contribution in [0.15, 0.2) is 35.1 Å². The number of aromatic amines is 1. The molecule has 1 N–H and O–H groups in total. The van der Waals surface area contributed by atoms with Gasteiger partial charge in [-0.2, -0.15) is 0 Å². The Morgan fingerprint density at radius 2 is 1.88 bits per heavy atom. The molecule has 1 aliphatic heterocycles. The molecular formula is C21H29N3O2. The molecule has 1 fully saturated rings. The molecule has 5 nitrogen and oxygen atoms in total. The zero-order valence-corrected chi connectivity index (χ0v) is 16.0. The highest BCUT2D eigenvalue weighted by Gasteiger charge is 2.21. The number of morpholine rings is 1. The Bertz CT molecular complexity index is 760. The van der Waals surface area contributed by atoms with Crippen molar-refractivity contribution in [1.29, 1.82) is 0 Å². The molecule has 1 aromatic heterocycles. The molecule has 0 unspecified atom stereocenters. The number of ether oxygens (including phenoxy) is 1. The van der Waals surface area contributed by atoms with Gasteiger partial charge in [0.2, 0.25) is 0 Å². The third-order valence-corrected chi connectivity index (χ3v) is 4.71. The SMILES string of the molecule is CCCCc1cc(=O)[nH]c(-c2ccc(CN3C[C@@H](C)O[C@@H](C)C3)cc2)n1. The van der Waals surface area contributed by atoms with E-state index in [4.69, 9.17) is 4.74 Å². The van der Waals surface area contributed by atoms with Crippen LogP contribution in [-0.2, 0) is 17.7 Å². The topological polar surface area (TPSA) is 58.2 Å². The fourth-order valence-corrected chi connectivity index (χ4v) is 3.57. The minimum absolute atomic E-state index is 0.0820. The first kappa shape index (κ1) is 18.8. The summed E-state index contributed by atoms with van der Waals surface area (Å²) in [4.78, 5) is 21.8. The molecule has 0 saturated carbocycles. The first-order chi connectivity index (χ1) is 12.5. The van der Waals surface area contributed by atoms with Crippen molar-refractivity contribution in [3.05, 3.63) is 51.9 Å². The number of aromatic nitrogens is 2. The van der Waals surface area contributed by atoms with Gasteiger partial charge in [0.05, 0.1) is 12.2 Å². The lowest BCUT2D eigenvalue weighted by molar-refractivity contribution is -0.0704. The Balaban J connectivity index is 1.71. The molecule has 1 aliphatic rings. The summed E-state index contributed by atoms with van der Waals surface area (Å²) in [6.45, 7) is 9.22. The molecule has 1 saturated heterocycles. The average Bonchev–Trinajstić information content (AvgIpc) is 2.59. The van der Waals surface area contributed by atoms with Gasteiger partial charge in [-0.3, -0.25) is 9.69 Å². The third kappa shape index (κ3) is 5.02. The van der Waals surface area contributed by atoms with Crippen LogP contribution in [0.1, 0.15) is 44.9 Å². The second-order valence-electron chi connectivity index (χ2n) is 7.34. The molecule has 0 amide bonds. The van der Waals surface area contributed by atoms with Crippen LogP contribution in [0, 0.1) is 0 Å². The minimum Gasteiger partial charge on any atom is -0.373 e. The molecule has 0 bridgehead atoms. The van der Waals surface area contributed by atoms with Crippen molar-refractivity contribution < 1.29 is 4.74 Å². The van der Waals surface area contributed by atoms with E-state index < -0.39 is 0 Å². The molecule has 2 aromatic rings. The Hall–Kier alpha value is -1.98. The second-order valence-corrected chi connectivity index (χ2v) is 7.34. The van der Waals surface area contributed by atoms with Crippen molar-refractivity contribution in [3.8, 4) is 11.4 Å². The number of hydrogen-bond donors (Lipinski definition) is 1. The van der Waals surface area contributed by atoms with Crippen LogP contribution in [0.2, 0.25) is 0 Å². The van der Waals surface area contributed by atoms with E-state index in [2.05, 4.69) is 47.8 Å². The van der Waals surface area contributed by atoms with E-state index >= 15 is 0 Å². The number of unbranched alkanes of at least 4 members (excludes halogenated alkanes) is 1. The van der Waals surface area contributed by atoms with E-state index in [0.717, 1.165) is 50.2 Å². The molecule has 0 spiro atoms. The van der Waals surface area contributed by atoms with E-state index in [1.165, 1.54) is 5.56 Å². The number of benzene rings is 1. The first-order valence-electron chi connectivity index (χ1n) is 9.61. The van der Waals surface area contributed by atoms with E-state index in [0.29, 0.717) is 5.82 Å². The van der Waals surface area contributed by atoms with E-state index in [-0.39, 0.29) is 17.8 Å². The number of H-pyrrole nitrogens is 1. The number of rotatable bonds is 6. The lowest BCUT2D eigenvalue weighted by atomic mass is 10.1. The van der Waals surface area contributed by atoms with Crippen LogP contribution >= 0.6 is 0 Å². The van der Waals surface area contributed by atoms with Crippen LogP contribution in [0.4, 0.5) is 0 Å². The van der Waals surface area contributed by atoms with E-state index in [9.17, 15) is 4.79 Å². The van der Waals surface area contributed by atoms with Crippen molar-refractivity contribution in [2.75, 3.05) is 13.1 Å². The third-order valence-electron chi connectivity index (χ3n) is 4.71. The number of hydrogen-bond acceptors (Lipinski definition) is 4. The summed E-state index contributed by atoms with van der Waals surface area (Å²) in [5.74, 6) is 0.656. The monoisotopic (exact) mass is 355 g/mol. The van der Waals surface area contributed by atoms with Gasteiger partial charge in [0.15, 0.2) is 0 Å². The lowest BCUT2D eigenvalue weighted by Crippen LogP contribution is -2.44. The molecule has 0 radical (unpaired) electrons. The largest absolute Gasteiger partial charge is 0.373 e. The van der Waals surface area contributed by atoms with E-state index in [1.54, 1.807) is 6.07 Å². The molecule has 26 heavy (non-hydrogen) atoms. The Morgan fingerprint density at radius 3 is 2.54 bits per heavy atom. The predicted octanol–water partition coefficient (Wildman–Crippen LogP) is 3.39. The summed E-state index contributed by atoms with van der Waals surface area (Å²) in [5.41, 5.74) is 3.00. The summed E-state index contributed by atoms with van der Waals surface area (Å²) in [5, 5.41) is 0. The summed E-state index contributed by atoms with van der Waals surface area (Å²) in [6, 6.07) is 9.95. The molecule has 5 heteroatoms. The van der Waals surface area contributed by atoms with Crippen LogP contribution in [0.3, 0.4) is 0 Å². The normalized spacial score (nSPS) is 21.0. The van der Waals surface area contributed by atoms with Crippen molar-refractivity contribution >= 4 is 0 Å². The smallest absolute Gasteiger partial charge is 0.251 e. The second kappa shape index (κ2) is 8.60. The molecule has 0 aliphatic carbocycles. The van der Waals surface area contributed by atoms with Gasteiger partial charge in [-0.1, -0.05) is 37.6 Å². The molecule has 2 heterocycles. The number of nitrogens with one attached hydrogen (secondary N) is 1. The average molecular weight is 355 g/mol. The van der Waals surface area contributed by atoms with Crippen LogP contribution < -0.4 is 5.56 Å². The zero-order valence-electron chi connectivity index (χ0n) is 16.0. The van der Waals surface area contributed by atoms with Crippen LogP contribution in [-0.4, -0.2) is 40.2 Å². The molecular weight excluding hydrogens is 326 g/mol. The summed E-state index contributed by atoms with van der Waals surface area (Å²) >= 11 is 0. The maximum absolute atomic E-state index is 11.9. The summed E-state index contributed by atoms with van der Waals surface area (Å²) in [6.07, 6.45) is 3.54. The first-order valence-corrected chi connectivity index (χ1v) is 9.61. The Labute approximate surface area is 155 Å². The van der Waals surface area contributed by atoms with Crippen LogP contribution in [0.25, 0.3) is 11.4 Å². The van der Waals surface area contributed by atoms with Gasteiger partial charge in [0, 0.05) is 37.0 Å². The highest BCUT2D eigenvalue weighted by Crippen LogP contribution is 2.18. The highest BCUT2D eigenvalue weighted by molar-refractivity contribution is 5.55. The Kier molecular flexibility index (Phi) is 6.22. The van der Waals surface area contributed by atoms with Gasteiger partial charge < -0.3 is 9.72 Å². The van der Waals surface area contributed by atoms with Gasteiger partial charge in [-0.15, -0.1) is 0 Å². The van der Waals surface area contributed by atoms with Gasteiger partial charge in [0.1, 0.15) is 5.82 Å². The highest BCUT2D eigenvalue weighted by atomic mass is 16.5. The van der Waals surface area contributed by atoms with Gasteiger partial charge in [-0.25, -0.2) is 4.98 Å². The number of aryl methyl sites for hydroxylation is 1. The summed E-state index contributed by atoms with van der Waals surface area (Å²) < 4.78 is 5.80. The zero-order chi connectivity index (χ0) is 18.5.